The zero-order chi connectivity index (χ0) is 9.64. The molecular weight excluding hydrogens is 246 g/mol. The van der Waals surface area contributed by atoms with Crippen LogP contribution in [0.2, 0.25) is 0 Å². The molecule has 0 fully saturated rings. The number of nitrogens with one attached hydrogen (secondary N) is 1. The highest BCUT2D eigenvalue weighted by molar-refractivity contribution is 9.11. The normalized spacial score (nSPS) is 25.7. The van der Waals surface area contributed by atoms with Crippen molar-refractivity contribution < 1.29 is 0 Å². The van der Waals surface area contributed by atoms with Crippen LogP contribution in [0.4, 0.5) is 0 Å². The summed E-state index contributed by atoms with van der Waals surface area (Å²) in [4.78, 5) is 1.54. The van der Waals surface area contributed by atoms with Gasteiger partial charge in [-0.05, 0) is 41.4 Å². The molecule has 0 bridgehead atoms. The minimum Gasteiger partial charge on any atom is -0.307 e. The fourth-order valence-electron chi connectivity index (χ4n) is 1.82. The van der Waals surface area contributed by atoms with Crippen LogP contribution in [0.15, 0.2) is 9.85 Å². The summed E-state index contributed by atoms with van der Waals surface area (Å²) in [6, 6.07) is 2.25. The van der Waals surface area contributed by atoms with Crippen LogP contribution in [-0.2, 0) is 5.54 Å². The fraction of sp³-hybridized carbons (Fsp3) is 0.600. The first-order chi connectivity index (χ1) is 6.00. The predicted octanol–water partition coefficient (Wildman–Crippen LogP) is 3.45. The summed E-state index contributed by atoms with van der Waals surface area (Å²) in [7, 11) is 0. The molecular formula is C10H14BrNS. The fourth-order valence-corrected chi connectivity index (χ4v) is 3.67. The van der Waals surface area contributed by atoms with Gasteiger partial charge in [-0.1, -0.05) is 6.92 Å². The van der Waals surface area contributed by atoms with E-state index in [1.165, 1.54) is 14.2 Å². The van der Waals surface area contributed by atoms with Crippen molar-refractivity contribution in [1.82, 2.24) is 5.32 Å². The van der Waals surface area contributed by atoms with Crippen molar-refractivity contribution in [1.29, 1.82) is 0 Å². The highest BCUT2D eigenvalue weighted by Gasteiger charge is 2.31. The molecule has 1 aromatic rings. The molecule has 1 aliphatic rings. The van der Waals surface area contributed by atoms with E-state index < -0.39 is 0 Å². The van der Waals surface area contributed by atoms with Crippen LogP contribution in [0.25, 0.3) is 0 Å². The number of hydrogen-bond donors (Lipinski definition) is 1. The van der Waals surface area contributed by atoms with Gasteiger partial charge in [0.1, 0.15) is 0 Å². The third kappa shape index (κ3) is 1.58. The second-order valence-electron chi connectivity index (χ2n) is 4.24. The molecule has 0 spiro atoms. The Morgan fingerprint density at radius 2 is 2.31 bits per heavy atom. The minimum atomic E-state index is 0.143. The molecule has 1 nitrogen and oxygen atoms in total. The Bertz CT molecular complexity index is 330. The van der Waals surface area contributed by atoms with Gasteiger partial charge < -0.3 is 5.32 Å². The number of halogens is 1. The van der Waals surface area contributed by atoms with E-state index in [4.69, 9.17) is 0 Å². The van der Waals surface area contributed by atoms with Gasteiger partial charge in [0, 0.05) is 22.9 Å². The van der Waals surface area contributed by atoms with Crippen LogP contribution in [-0.4, -0.2) is 6.54 Å². The first-order valence-electron chi connectivity index (χ1n) is 4.55. The van der Waals surface area contributed by atoms with E-state index in [0.29, 0.717) is 5.92 Å². The minimum absolute atomic E-state index is 0.143. The largest absolute Gasteiger partial charge is 0.307 e. The second-order valence-corrected chi connectivity index (χ2v) is 6.70. The molecule has 0 radical (unpaired) electrons. The second kappa shape index (κ2) is 3.07. The van der Waals surface area contributed by atoms with Crippen molar-refractivity contribution in [3.05, 3.63) is 20.3 Å². The number of rotatable bonds is 0. The average Bonchev–Trinajstić information content (AvgIpc) is 2.42. The molecule has 72 valence electrons. The highest BCUT2D eigenvalue weighted by atomic mass is 79.9. The van der Waals surface area contributed by atoms with Gasteiger partial charge in [0.2, 0.25) is 0 Å². The Kier molecular flexibility index (Phi) is 2.29. The Hall–Kier alpha value is 0.140. The molecule has 1 aromatic heterocycles. The van der Waals surface area contributed by atoms with Crippen molar-refractivity contribution in [2.45, 2.75) is 32.2 Å². The maximum atomic E-state index is 3.56. The Balaban J connectivity index is 2.54. The average molecular weight is 260 g/mol. The third-order valence-corrected chi connectivity index (χ3v) is 4.57. The first-order valence-corrected chi connectivity index (χ1v) is 6.16. The number of fused-ring (bicyclic) bond motifs is 1. The van der Waals surface area contributed by atoms with E-state index in [1.807, 2.05) is 11.3 Å². The van der Waals surface area contributed by atoms with Crippen molar-refractivity contribution in [2.24, 2.45) is 0 Å². The third-order valence-electron chi connectivity index (χ3n) is 2.70. The summed E-state index contributed by atoms with van der Waals surface area (Å²) in [5, 5.41) is 3.56. The van der Waals surface area contributed by atoms with E-state index in [9.17, 15) is 0 Å². The van der Waals surface area contributed by atoms with E-state index in [0.717, 1.165) is 6.54 Å². The molecule has 2 rings (SSSR count). The molecule has 0 saturated heterocycles. The van der Waals surface area contributed by atoms with E-state index in [1.54, 1.807) is 0 Å². The van der Waals surface area contributed by atoms with E-state index in [-0.39, 0.29) is 5.54 Å². The number of hydrogen-bond acceptors (Lipinski definition) is 2. The van der Waals surface area contributed by atoms with Crippen molar-refractivity contribution >= 4 is 27.3 Å². The molecule has 0 aliphatic carbocycles. The van der Waals surface area contributed by atoms with Crippen molar-refractivity contribution in [3.8, 4) is 0 Å². The van der Waals surface area contributed by atoms with Crippen LogP contribution in [0.5, 0.6) is 0 Å². The summed E-state index contributed by atoms with van der Waals surface area (Å²) < 4.78 is 1.25. The van der Waals surface area contributed by atoms with Gasteiger partial charge in [-0.15, -0.1) is 11.3 Å². The van der Waals surface area contributed by atoms with Crippen LogP contribution < -0.4 is 5.32 Å². The number of thiophene rings is 1. The van der Waals surface area contributed by atoms with E-state index >= 15 is 0 Å². The quantitative estimate of drug-likeness (QED) is 0.753. The summed E-state index contributed by atoms with van der Waals surface area (Å²) in [5.41, 5.74) is 1.60. The van der Waals surface area contributed by atoms with Crippen LogP contribution >= 0.6 is 27.3 Å². The van der Waals surface area contributed by atoms with Gasteiger partial charge in [-0.25, -0.2) is 0 Å². The van der Waals surface area contributed by atoms with Gasteiger partial charge in [0.15, 0.2) is 0 Å². The molecule has 13 heavy (non-hydrogen) atoms. The summed E-state index contributed by atoms with van der Waals surface area (Å²) in [6.45, 7) is 7.87. The Morgan fingerprint density at radius 3 is 2.92 bits per heavy atom. The van der Waals surface area contributed by atoms with Crippen LogP contribution in [0.3, 0.4) is 0 Å². The molecule has 0 saturated carbocycles. The van der Waals surface area contributed by atoms with Gasteiger partial charge in [-0.3, -0.25) is 0 Å². The van der Waals surface area contributed by atoms with Crippen molar-refractivity contribution in [3.63, 3.8) is 0 Å². The van der Waals surface area contributed by atoms with E-state index in [2.05, 4.69) is 48.1 Å². The molecule has 1 N–H and O–H groups in total. The topological polar surface area (TPSA) is 12.0 Å². The molecule has 0 aromatic carbocycles. The lowest BCUT2D eigenvalue weighted by molar-refractivity contribution is 0.364. The lowest BCUT2D eigenvalue weighted by atomic mass is 9.87. The lowest BCUT2D eigenvalue weighted by Gasteiger charge is -2.34. The maximum Gasteiger partial charge on any atom is 0.0705 e. The molecule has 1 atom stereocenters. The summed E-state index contributed by atoms with van der Waals surface area (Å²) >= 11 is 5.44. The van der Waals surface area contributed by atoms with Gasteiger partial charge in [0.25, 0.3) is 0 Å². The standard InChI is InChI=1S/C10H14BrNS/c1-6-5-12-10(2,3)7-4-8(11)13-9(6)7/h4,6,12H,5H2,1-3H3. The SMILES string of the molecule is CC1CNC(C)(C)c2cc(Br)sc21. The van der Waals surface area contributed by atoms with Gasteiger partial charge >= 0.3 is 0 Å². The monoisotopic (exact) mass is 259 g/mol. The molecule has 1 aliphatic heterocycles. The van der Waals surface area contributed by atoms with Gasteiger partial charge in [-0.2, -0.15) is 0 Å². The van der Waals surface area contributed by atoms with Gasteiger partial charge in [0.05, 0.1) is 3.79 Å². The first kappa shape index (κ1) is 9.69. The Morgan fingerprint density at radius 1 is 1.62 bits per heavy atom. The molecule has 2 heterocycles. The van der Waals surface area contributed by atoms with Crippen LogP contribution in [0.1, 0.15) is 37.1 Å². The molecule has 0 amide bonds. The maximum absolute atomic E-state index is 3.56. The Labute approximate surface area is 91.7 Å². The summed E-state index contributed by atoms with van der Waals surface area (Å²) in [6.07, 6.45) is 0. The molecule has 3 heteroatoms. The predicted molar refractivity (Wildman–Crippen MR) is 61.5 cm³/mol. The van der Waals surface area contributed by atoms with Crippen LogP contribution in [0, 0.1) is 0 Å². The zero-order valence-electron chi connectivity index (χ0n) is 8.15. The zero-order valence-corrected chi connectivity index (χ0v) is 10.6. The smallest absolute Gasteiger partial charge is 0.0705 e. The van der Waals surface area contributed by atoms with Crippen molar-refractivity contribution in [2.75, 3.05) is 6.54 Å². The molecule has 1 unspecified atom stereocenters. The summed E-state index contributed by atoms with van der Waals surface area (Å²) in [5.74, 6) is 0.652. The lowest BCUT2D eigenvalue weighted by Crippen LogP contribution is -2.42. The highest BCUT2D eigenvalue weighted by Crippen LogP contribution is 2.41.